The normalized spacial score (nSPS) is 25.2. The van der Waals surface area contributed by atoms with E-state index in [-0.39, 0.29) is 29.6 Å². The fourth-order valence-corrected chi connectivity index (χ4v) is 1.66. The van der Waals surface area contributed by atoms with Crippen LogP contribution in [-0.4, -0.2) is 31.3 Å². The summed E-state index contributed by atoms with van der Waals surface area (Å²) in [7, 11) is 0. The summed E-state index contributed by atoms with van der Waals surface area (Å²) >= 11 is 0. The molecule has 0 aromatic carbocycles. The molecule has 0 aromatic heterocycles. The highest BCUT2D eigenvalue weighted by molar-refractivity contribution is 14.0. The quantitative estimate of drug-likeness (QED) is 0.347. The lowest BCUT2D eigenvalue weighted by Gasteiger charge is -2.20. The minimum absolute atomic E-state index is 0. The third-order valence-corrected chi connectivity index (χ3v) is 2.72. The van der Waals surface area contributed by atoms with Crippen molar-refractivity contribution in [1.29, 1.82) is 0 Å². The molecular formula is C11H24IN3O. The zero-order valence-electron chi connectivity index (χ0n) is 10.3. The zero-order valence-corrected chi connectivity index (χ0v) is 12.6. The molecule has 1 fully saturated rings. The number of halogens is 1. The molecule has 0 bridgehead atoms. The second kappa shape index (κ2) is 8.11. The van der Waals surface area contributed by atoms with E-state index in [0.29, 0.717) is 12.5 Å². The van der Waals surface area contributed by atoms with Crippen LogP contribution in [0, 0.1) is 0 Å². The average molecular weight is 341 g/mol. The van der Waals surface area contributed by atoms with E-state index < -0.39 is 0 Å². The van der Waals surface area contributed by atoms with Gasteiger partial charge < -0.3 is 15.8 Å². The topological polar surface area (TPSA) is 59.6 Å². The molecule has 16 heavy (non-hydrogen) atoms. The smallest absolute Gasteiger partial charge is 0.188 e. The van der Waals surface area contributed by atoms with Gasteiger partial charge in [0.05, 0.1) is 12.1 Å². The Labute approximate surface area is 115 Å². The molecule has 0 spiro atoms. The van der Waals surface area contributed by atoms with Crippen LogP contribution in [0.25, 0.3) is 0 Å². The van der Waals surface area contributed by atoms with E-state index in [9.17, 15) is 0 Å². The lowest BCUT2D eigenvalue weighted by Crippen LogP contribution is -2.35. The summed E-state index contributed by atoms with van der Waals surface area (Å²) in [5.41, 5.74) is 5.65. The number of aliphatic imine (C=N–C) groups is 1. The molecule has 0 radical (unpaired) electrons. The van der Waals surface area contributed by atoms with Gasteiger partial charge in [0.2, 0.25) is 0 Å². The van der Waals surface area contributed by atoms with Crippen LogP contribution >= 0.6 is 24.0 Å². The summed E-state index contributed by atoms with van der Waals surface area (Å²) in [6, 6.07) is 0. The largest absolute Gasteiger partial charge is 0.373 e. The Balaban J connectivity index is 0.00000225. The molecule has 4 nitrogen and oxygen atoms in total. The highest BCUT2D eigenvalue weighted by Gasteiger charge is 2.29. The lowest BCUT2D eigenvalue weighted by molar-refractivity contribution is 0.0284. The Hall–Kier alpha value is -0.0400. The summed E-state index contributed by atoms with van der Waals surface area (Å²) in [5.74, 6) is 0.542. The van der Waals surface area contributed by atoms with Gasteiger partial charge in [-0.25, -0.2) is 0 Å². The fourth-order valence-electron chi connectivity index (χ4n) is 1.66. The zero-order chi connectivity index (χ0) is 11.1. The molecule has 1 aliphatic rings. The van der Waals surface area contributed by atoms with Crippen molar-refractivity contribution in [3.8, 4) is 0 Å². The monoisotopic (exact) mass is 341 g/mol. The molecule has 0 saturated carbocycles. The van der Waals surface area contributed by atoms with Gasteiger partial charge in [0.1, 0.15) is 0 Å². The van der Waals surface area contributed by atoms with Crippen molar-refractivity contribution in [2.45, 2.75) is 45.1 Å². The molecule has 1 heterocycles. The minimum Gasteiger partial charge on any atom is -0.373 e. The molecule has 1 aliphatic heterocycles. The van der Waals surface area contributed by atoms with Crippen molar-refractivity contribution in [2.75, 3.05) is 19.7 Å². The van der Waals surface area contributed by atoms with Crippen LogP contribution in [0.15, 0.2) is 4.99 Å². The van der Waals surface area contributed by atoms with Gasteiger partial charge in [-0.2, -0.15) is 0 Å². The maximum atomic E-state index is 5.73. The lowest BCUT2D eigenvalue weighted by atomic mass is 10.0. The third-order valence-electron chi connectivity index (χ3n) is 2.72. The van der Waals surface area contributed by atoms with Crippen LogP contribution in [0.2, 0.25) is 0 Å². The van der Waals surface area contributed by atoms with E-state index >= 15 is 0 Å². The van der Waals surface area contributed by atoms with Gasteiger partial charge in [-0.3, -0.25) is 4.99 Å². The maximum Gasteiger partial charge on any atom is 0.188 e. The molecule has 1 unspecified atom stereocenters. The molecule has 1 atom stereocenters. The number of ether oxygens (including phenoxy) is 1. The van der Waals surface area contributed by atoms with Crippen molar-refractivity contribution < 1.29 is 4.74 Å². The average Bonchev–Trinajstić information content (AvgIpc) is 2.64. The van der Waals surface area contributed by atoms with Crippen molar-refractivity contribution in [1.82, 2.24) is 5.32 Å². The first kappa shape index (κ1) is 16.0. The highest BCUT2D eigenvalue weighted by Crippen LogP contribution is 2.24. The van der Waals surface area contributed by atoms with Crippen molar-refractivity contribution in [2.24, 2.45) is 10.7 Å². The minimum atomic E-state index is -0.0863. The number of nitrogens with zero attached hydrogens (tertiary/aromatic N) is 1. The molecule has 3 N–H and O–H groups in total. The number of nitrogens with two attached hydrogens (primary N) is 1. The van der Waals surface area contributed by atoms with E-state index in [0.717, 1.165) is 32.4 Å². The first-order chi connectivity index (χ1) is 7.16. The Kier molecular flexibility index (Phi) is 8.09. The van der Waals surface area contributed by atoms with Gasteiger partial charge >= 0.3 is 0 Å². The first-order valence-corrected chi connectivity index (χ1v) is 5.84. The molecule has 0 amide bonds. The Morgan fingerprint density at radius 2 is 2.31 bits per heavy atom. The van der Waals surface area contributed by atoms with Crippen molar-refractivity contribution in [3.05, 3.63) is 0 Å². The second-order valence-corrected chi connectivity index (χ2v) is 4.38. The molecule has 1 rings (SSSR count). The number of nitrogens with one attached hydrogen (secondary N) is 1. The van der Waals surface area contributed by atoms with E-state index in [2.05, 4.69) is 24.2 Å². The van der Waals surface area contributed by atoms with Gasteiger partial charge in [0.25, 0.3) is 0 Å². The summed E-state index contributed by atoms with van der Waals surface area (Å²) in [6.45, 7) is 6.68. The number of unbranched alkanes of at least 4 members (excludes halogenated alkanes) is 1. The highest BCUT2D eigenvalue weighted by atomic mass is 127. The second-order valence-electron chi connectivity index (χ2n) is 4.38. The number of hydrogen-bond acceptors (Lipinski definition) is 2. The van der Waals surface area contributed by atoms with Gasteiger partial charge in [-0.15, -0.1) is 24.0 Å². The van der Waals surface area contributed by atoms with Crippen LogP contribution in [0.1, 0.15) is 39.5 Å². The Morgan fingerprint density at radius 1 is 1.56 bits per heavy atom. The van der Waals surface area contributed by atoms with Crippen LogP contribution < -0.4 is 11.1 Å². The van der Waals surface area contributed by atoms with Gasteiger partial charge in [-0.1, -0.05) is 13.3 Å². The summed E-state index contributed by atoms with van der Waals surface area (Å²) in [6.07, 6.45) is 4.51. The van der Waals surface area contributed by atoms with Crippen molar-refractivity contribution in [3.63, 3.8) is 0 Å². The fraction of sp³-hybridized carbons (Fsp3) is 0.909. The number of hydrogen-bond donors (Lipinski definition) is 2. The van der Waals surface area contributed by atoms with Crippen LogP contribution in [0.3, 0.4) is 0 Å². The Bertz CT molecular complexity index is 215. The van der Waals surface area contributed by atoms with E-state index in [1.807, 2.05) is 0 Å². The molecule has 96 valence electrons. The summed E-state index contributed by atoms with van der Waals surface area (Å²) in [5, 5.41) is 3.10. The van der Waals surface area contributed by atoms with Crippen molar-refractivity contribution >= 4 is 29.9 Å². The molecule has 1 saturated heterocycles. The Morgan fingerprint density at radius 3 is 2.88 bits per heavy atom. The summed E-state index contributed by atoms with van der Waals surface area (Å²) < 4.78 is 5.63. The van der Waals surface area contributed by atoms with Gasteiger partial charge in [-0.05, 0) is 26.2 Å². The molecule has 5 heteroatoms. The summed E-state index contributed by atoms with van der Waals surface area (Å²) in [4.78, 5) is 4.31. The number of guanidine groups is 1. The standard InChI is InChI=1S/C11H23N3O.HI/c1-3-4-7-13-10(12)14-9-11(2)6-5-8-15-11;/h3-9H2,1-2H3,(H3,12,13,14);1H. The van der Waals surface area contributed by atoms with Gasteiger partial charge in [0.15, 0.2) is 5.96 Å². The number of rotatable bonds is 5. The third kappa shape index (κ3) is 5.89. The predicted molar refractivity (Wildman–Crippen MR) is 78.4 cm³/mol. The van der Waals surface area contributed by atoms with E-state index in [1.54, 1.807) is 0 Å². The molecule has 0 aromatic rings. The van der Waals surface area contributed by atoms with Crippen LogP contribution in [0.5, 0.6) is 0 Å². The molecular weight excluding hydrogens is 317 g/mol. The SMILES string of the molecule is CCCCNC(N)=NCC1(C)CCCO1.I. The van der Waals surface area contributed by atoms with E-state index in [4.69, 9.17) is 10.5 Å². The first-order valence-electron chi connectivity index (χ1n) is 5.84. The van der Waals surface area contributed by atoms with Crippen LogP contribution in [0.4, 0.5) is 0 Å². The maximum absolute atomic E-state index is 5.73. The van der Waals surface area contributed by atoms with Gasteiger partial charge in [0, 0.05) is 13.2 Å². The van der Waals surface area contributed by atoms with Crippen LogP contribution in [-0.2, 0) is 4.74 Å². The predicted octanol–water partition coefficient (Wildman–Crippen LogP) is 1.88. The molecule has 0 aliphatic carbocycles. The van der Waals surface area contributed by atoms with E-state index in [1.165, 1.54) is 6.42 Å².